The Labute approximate surface area is 141 Å². The molecule has 0 saturated heterocycles. The molecule has 0 spiro atoms. The molecule has 0 amide bonds. The zero-order valence-corrected chi connectivity index (χ0v) is 15.2. The zero-order chi connectivity index (χ0) is 14.7. The number of hydrogen-bond acceptors (Lipinski definition) is 1. The largest absolute Gasteiger partial charge is 0.456 e. The Bertz CT molecular complexity index is 611. The Balaban J connectivity index is 2.35. The smallest absolute Gasteiger partial charge is 0.141 e. The Hall–Kier alpha value is -0.510. The SMILES string of the molecule is CC(C)c1cc(Br)ccc1Oc1ccc(CCl)cc1Br. The molecule has 0 radical (unpaired) electrons. The van der Waals surface area contributed by atoms with Crippen LogP contribution in [0.15, 0.2) is 45.3 Å². The average Bonchev–Trinajstić information content (AvgIpc) is 2.42. The summed E-state index contributed by atoms with van der Waals surface area (Å²) in [5, 5.41) is 0. The average molecular weight is 419 g/mol. The summed E-state index contributed by atoms with van der Waals surface area (Å²) in [4.78, 5) is 0. The van der Waals surface area contributed by atoms with Crippen LogP contribution in [-0.4, -0.2) is 0 Å². The van der Waals surface area contributed by atoms with Gasteiger partial charge in [-0.2, -0.15) is 0 Å². The predicted octanol–water partition coefficient (Wildman–Crippen LogP) is 6.87. The maximum Gasteiger partial charge on any atom is 0.141 e. The van der Waals surface area contributed by atoms with Crippen molar-refractivity contribution in [3.05, 3.63) is 56.5 Å². The van der Waals surface area contributed by atoms with E-state index in [-0.39, 0.29) is 0 Å². The molecule has 0 heterocycles. The van der Waals surface area contributed by atoms with E-state index < -0.39 is 0 Å². The van der Waals surface area contributed by atoms with Gasteiger partial charge in [0.05, 0.1) is 4.47 Å². The molecule has 2 rings (SSSR count). The van der Waals surface area contributed by atoms with Gasteiger partial charge in [-0.15, -0.1) is 11.6 Å². The van der Waals surface area contributed by atoms with Crippen molar-refractivity contribution in [1.82, 2.24) is 0 Å². The van der Waals surface area contributed by atoms with Crippen LogP contribution in [0.1, 0.15) is 30.9 Å². The molecule has 0 aliphatic rings. The van der Waals surface area contributed by atoms with E-state index in [9.17, 15) is 0 Å². The van der Waals surface area contributed by atoms with E-state index >= 15 is 0 Å². The normalized spacial score (nSPS) is 10.9. The van der Waals surface area contributed by atoms with Crippen LogP contribution in [-0.2, 0) is 5.88 Å². The third kappa shape index (κ3) is 3.78. The van der Waals surface area contributed by atoms with Gasteiger partial charge < -0.3 is 4.74 Å². The topological polar surface area (TPSA) is 9.23 Å². The predicted molar refractivity (Wildman–Crippen MR) is 92.0 cm³/mol. The van der Waals surface area contributed by atoms with E-state index in [2.05, 4.69) is 51.8 Å². The minimum Gasteiger partial charge on any atom is -0.456 e. The van der Waals surface area contributed by atoms with Gasteiger partial charge in [0.2, 0.25) is 0 Å². The van der Waals surface area contributed by atoms with Crippen molar-refractivity contribution in [1.29, 1.82) is 0 Å². The fourth-order valence-corrected chi connectivity index (χ4v) is 2.94. The van der Waals surface area contributed by atoms with E-state index in [1.165, 1.54) is 5.56 Å². The van der Waals surface area contributed by atoms with Gasteiger partial charge >= 0.3 is 0 Å². The lowest BCUT2D eigenvalue weighted by Crippen LogP contribution is -1.95. The molecule has 0 fully saturated rings. The highest BCUT2D eigenvalue weighted by atomic mass is 79.9. The molecule has 0 aliphatic heterocycles. The first-order chi connectivity index (χ1) is 9.51. The van der Waals surface area contributed by atoms with Crippen LogP contribution >= 0.6 is 43.5 Å². The van der Waals surface area contributed by atoms with Gasteiger partial charge in [-0.05, 0) is 63.3 Å². The van der Waals surface area contributed by atoms with Crippen LogP contribution in [0.25, 0.3) is 0 Å². The highest BCUT2D eigenvalue weighted by Gasteiger charge is 2.11. The molecule has 2 aromatic rings. The van der Waals surface area contributed by atoms with Gasteiger partial charge in [0.15, 0.2) is 0 Å². The highest BCUT2D eigenvalue weighted by Crippen LogP contribution is 2.36. The molecule has 0 unspecified atom stereocenters. The first kappa shape index (κ1) is 15.9. The number of ether oxygens (including phenoxy) is 1. The molecular formula is C16H15Br2ClO. The summed E-state index contributed by atoms with van der Waals surface area (Å²) >= 11 is 12.9. The molecule has 0 atom stereocenters. The Kier molecular flexibility index (Phi) is 5.53. The molecule has 20 heavy (non-hydrogen) atoms. The van der Waals surface area contributed by atoms with Crippen LogP contribution in [0.2, 0.25) is 0 Å². The van der Waals surface area contributed by atoms with Crippen molar-refractivity contribution in [2.24, 2.45) is 0 Å². The third-order valence-electron chi connectivity index (χ3n) is 2.96. The zero-order valence-electron chi connectivity index (χ0n) is 11.3. The molecule has 0 bridgehead atoms. The quantitative estimate of drug-likeness (QED) is 0.493. The second-order valence-corrected chi connectivity index (χ2v) is 6.87. The number of halogens is 3. The van der Waals surface area contributed by atoms with Crippen LogP contribution in [0.5, 0.6) is 11.5 Å². The van der Waals surface area contributed by atoms with Crippen molar-refractivity contribution in [3.8, 4) is 11.5 Å². The number of benzene rings is 2. The molecule has 0 saturated carbocycles. The number of alkyl halides is 1. The molecule has 106 valence electrons. The van der Waals surface area contributed by atoms with E-state index in [1.54, 1.807) is 0 Å². The molecule has 1 nitrogen and oxygen atoms in total. The first-order valence-corrected chi connectivity index (χ1v) is 8.45. The van der Waals surface area contributed by atoms with Gasteiger partial charge in [0.1, 0.15) is 11.5 Å². The van der Waals surface area contributed by atoms with E-state index in [0.29, 0.717) is 11.8 Å². The maximum atomic E-state index is 6.05. The summed E-state index contributed by atoms with van der Waals surface area (Å²) in [5.41, 5.74) is 2.23. The van der Waals surface area contributed by atoms with Crippen molar-refractivity contribution < 1.29 is 4.74 Å². The van der Waals surface area contributed by atoms with Gasteiger partial charge in [0.25, 0.3) is 0 Å². The standard InChI is InChI=1S/C16H15Br2ClO/c1-10(2)13-8-12(17)4-6-15(13)20-16-5-3-11(9-19)7-14(16)18/h3-8,10H,9H2,1-2H3. The summed E-state index contributed by atoms with van der Waals surface area (Å²) in [6.07, 6.45) is 0. The lowest BCUT2D eigenvalue weighted by Gasteiger charge is -2.15. The Morgan fingerprint density at radius 1 is 1.05 bits per heavy atom. The highest BCUT2D eigenvalue weighted by molar-refractivity contribution is 9.10. The lowest BCUT2D eigenvalue weighted by atomic mass is 10.0. The molecule has 2 aromatic carbocycles. The minimum atomic E-state index is 0.392. The minimum absolute atomic E-state index is 0.392. The molecule has 0 aliphatic carbocycles. The fourth-order valence-electron chi connectivity index (χ4n) is 1.89. The van der Waals surface area contributed by atoms with Crippen molar-refractivity contribution in [2.75, 3.05) is 0 Å². The van der Waals surface area contributed by atoms with Gasteiger partial charge in [-0.3, -0.25) is 0 Å². The molecule has 0 N–H and O–H groups in total. The monoisotopic (exact) mass is 416 g/mol. The summed E-state index contributed by atoms with van der Waals surface area (Å²) in [6, 6.07) is 12.0. The lowest BCUT2D eigenvalue weighted by molar-refractivity contribution is 0.470. The van der Waals surface area contributed by atoms with Crippen molar-refractivity contribution in [3.63, 3.8) is 0 Å². The molecular weight excluding hydrogens is 403 g/mol. The van der Waals surface area contributed by atoms with Crippen LogP contribution in [0, 0.1) is 0 Å². The fraction of sp³-hybridized carbons (Fsp3) is 0.250. The Morgan fingerprint density at radius 3 is 2.35 bits per heavy atom. The molecule has 4 heteroatoms. The van der Waals surface area contributed by atoms with Gasteiger partial charge in [-0.1, -0.05) is 35.8 Å². The van der Waals surface area contributed by atoms with E-state index in [1.807, 2.05) is 30.3 Å². The number of hydrogen-bond donors (Lipinski definition) is 0. The third-order valence-corrected chi connectivity index (χ3v) is 4.39. The van der Waals surface area contributed by atoms with Crippen LogP contribution < -0.4 is 4.74 Å². The summed E-state index contributed by atoms with van der Waals surface area (Å²) in [5.74, 6) is 2.56. The number of rotatable bonds is 4. The van der Waals surface area contributed by atoms with Crippen molar-refractivity contribution >= 4 is 43.5 Å². The second-order valence-electron chi connectivity index (χ2n) is 4.84. The summed E-state index contributed by atoms with van der Waals surface area (Å²) in [6.45, 7) is 4.31. The van der Waals surface area contributed by atoms with Crippen molar-refractivity contribution in [2.45, 2.75) is 25.6 Å². The van der Waals surface area contributed by atoms with E-state index in [0.717, 1.165) is 26.0 Å². The van der Waals surface area contributed by atoms with Gasteiger partial charge in [0, 0.05) is 10.4 Å². The van der Waals surface area contributed by atoms with Crippen LogP contribution in [0.3, 0.4) is 0 Å². The summed E-state index contributed by atoms with van der Waals surface area (Å²) < 4.78 is 8.02. The van der Waals surface area contributed by atoms with Crippen LogP contribution in [0.4, 0.5) is 0 Å². The summed E-state index contributed by atoms with van der Waals surface area (Å²) in [7, 11) is 0. The van der Waals surface area contributed by atoms with E-state index in [4.69, 9.17) is 16.3 Å². The second kappa shape index (κ2) is 6.97. The molecule has 0 aromatic heterocycles. The van der Waals surface area contributed by atoms with Gasteiger partial charge in [-0.25, -0.2) is 0 Å². The maximum absolute atomic E-state index is 6.05. The first-order valence-electron chi connectivity index (χ1n) is 6.33. The Morgan fingerprint density at radius 2 is 1.75 bits per heavy atom.